The van der Waals surface area contributed by atoms with Gasteiger partial charge in [-0.1, -0.05) is 6.07 Å². The lowest BCUT2D eigenvalue weighted by Gasteiger charge is -2.03. The minimum atomic E-state index is 0.379. The summed E-state index contributed by atoms with van der Waals surface area (Å²) in [6.45, 7) is 0.998. The summed E-state index contributed by atoms with van der Waals surface area (Å²) in [6, 6.07) is 3.85. The number of nitrogens with zero attached hydrogens (tertiary/aromatic N) is 1. The molecule has 2 heterocycles. The van der Waals surface area contributed by atoms with Gasteiger partial charge in [0.1, 0.15) is 11.5 Å². The molecule has 0 unspecified atom stereocenters. The Balaban J connectivity index is 2.13. The Morgan fingerprint density at radius 1 is 1.46 bits per heavy atom. The third-order valence-corrected chi connectivity index (χ3v) is 3.06. The predicted octanol–water partition coefficient (Wildman–Crippen LogP) is 1.35. The van der Waals surface area contributed by atoms with Gasteiger partial charge in [-0.2, -0.15) is 0 Å². The van der Waals surface area contributed by atoms with Crippen molar-refractivity contribution in [2.24, 2.45) is 0 Å². The number of nitrogens with one attached hydrogen (secondary N) is 1. The van der Waals surface area contributed by atoms with E-state index in [1.54, 1.807) is 6.07 Å². The lowest BCUT2D eigenvalue weighted by molar-refractivity contribution is 0.111. The fourth-order valence-electron chi connectivity index (χ4n) is 2.05. The number of fused-ring (bicyclic) bond motifs is 2. The van der Waals surface area contributed by atoms with Crippen molar-refractivity contribution < 1.29 is 4.79 Å². The number of pyridine rings is 1. The standard InChI is InChI=1S/C10H10N2O/c13-5-7-1-2-8-9(12-7)11-6-10(8)3-4-10/h1-2,5H,3-4,6H2,(H,11,12). The van der Waals surface area contributed by atoms with Gasteiger partial charge in [-0.05, 0) is 18.9 Å². The van der Waals surface area contributed by atoms with E-state index in [-0.39, 0.29) is 0 Å². The van der Waals surface area contributed by atoms with E-state index in [0.717, 1.165) is 18.6 Å². The van der Waals surface area contributed by atoms with Crippen molar-refractivity contribution in [2.75, 3.05) is 11.9 Å². The molecule has 1 N–H and O–H groups in total. The van der Waals surface area contributed by atoms with Crippen LogP contribution in [-0.2, 0) is 5.41 Å². The Labute approximate surface area is 76.2 Å². The minimum absolute atomic E-state index is 0.379. The van der Waals surface area contributed by atoms with Gasteiger partial charge in [-0.25, -0.2) is 4.98 Å². The van der Waals surface area contributed by atoms with Gasteiger partial charge in [0.2, 0.25) is 0 Å². The van der Waals surface area contributed by atoms with Crippen LogP contribution in [0.1, 0.15) is 28.9 Å². The molecule has 3 nitrogen and oxygen atoms in total. The average Bonchev–Trinajstić information content (AvgIpc) is 2.86. The van der Waals surface area contributed by atoms with Crippen molar-refractivity contribution in [3.05, 3.63) is 23.4 Å². The fourth-order valence-corrected chi connectivity index (χ4v) is 2.05. The molecule has 3 heteroatoms. The summed E-state index contributed by atoms with van der Waals surface area (Å²) >= 11 is 0. The number of aldehydes is 1. The van der Waals surface area contributed by atoms with Gasteiger partial charge in [-0.3, -0.25) is 4.79 Å². The van der Waals surface area contributed by atoms with E-state index in [4.69, 9.17) is 0 Å². The molecule has 0 bridgehead atoms. The molecule has 3 rings (SSSR count). The molecule has 1 aromatic heterocycles. The van der Waals surface area contributed by atoms with Gasteiger partial charge in [-0.15, -0.1) is 0 Å². The zero-order valence-corrected chi connectivity index (χ0v) is 7.21. The van der Waals surface area contributed by atoms with Gasteiger partial charge in [0.05, 0.1) is 0 Å². The second kappa shape index (κ2) is 2.10. The highest BCUT2D eigenvalue weighted by Gasteiger charge is 2.49. The molecule has 1 fully saturated rings. The third kappa shape index (κ3) is 0.842. The Bertz CT molecular complexity index is 383. The smallest absolute Gasteiger partial charge is 0.168 e. The van der Waals surface area contributed by atoms with Gasteiger partial charge in [0.15, 0.2) is 6.29 Å². The SMILES string of the molecule is O=Cc1ccc2c(n1)NCC21CC1. The lowest BCUT2D eigenvalue weighted by Crippen LogP contribution is -2.07. The van der Waals surface area contributed by atoms with Crippen LogP contribution < -0.4 is 5.32 Å². The number of carbonyl (C=O) groups excluding carboxylic acids is 1. The van der Waals surface area contributed by atoms with Gasteiger partial charge in [0.25, 0.3) is 0 Å². The summed E-state index contributed by atoms with van der Waals surface area (Å²) < 4.78 is 0. The Morgan fingerprint density at radius 2 is 2.31 bits per heavy atom. The van der Waals surface area contributed by atoms with E-state index >= 15 is 0 Å². The van der Waals surface area contributed by atoms with Crippen LogP contribution in [0.15, 0.2) is 12.1 Å². The molecular weight excluding hydrogens is 164 g/mol. The highest BCUT2D eigenvalue weighted by Crippen LogP contribution is 2.53. The van der Waals surface area contributed by atoms with Crippen molar-refractivity contribution in [2.45, 2.75) is 18.3 Å². The van der Waals surface area contributed by atoms with Crippen LogP contribution in [-0.4, -0.2) is 17.8 Å². The first-order chi connectivity index (χ1) is 6.34. The summed E-state index contributed by atoms with van der Waals surface area (Å²) in [6.07, 6.45) is 3.31. The number of hydrogen-bond donors (Lipinski definition) is 1. The molecular formula is C10H10N2O. The summed E-state index contributed by atoms with van der Waals surface area (Å²) in [5, 5.41) is 3.26. The van der Waals surface area contributed by atoms with Crippen molar-refractivity contribution in [1.29, 1.82) is 0 Å². The normalized spacial score (nSPS) is 20.9. The number of aromatic nitrogens is 1. The molecule has 1 aliphatic carbocycles. The lowest BCUT2D eigenvalue weighted by atomic mass is 10.0. The molecule has 0 aromatic carbocycles. The largest absolute Gasteiger partial charge is 0.369 e. The average molecular weight is 174 g/mol. The second-order valence-electron chi connectivity index (χ2n) is 3.88. The summed E-state index contributed by atoms with van der Waals surface area (Å²) in [5.41, 5.74) is 2.20. The second-order valence-corrected chi connectivity index (χ2v) is 3.88. The maximum Gasteiger partial charge on any atom is 0.168 e. The van der Waals surface area contributed by atoms with Gasteiger partial charge in [0, 0.05) is 17.5 Å². The van der Waals surface area contributed by atoms with Gasteiger partial charge >= 0.3 is 0 Å². The highest BCUT2D eigenvalue weighted by molar-refractivity contribution is 5.74. The van der Waals surface area contributed by atoms with Crippen LogP contribution in [0.4, 0.5) is 5.82 Å². The first kappa shape index (κ1) is 7.06. The van der Waals surface area contributed by atoms with Crippen molar-refractivity contribution in [3.63, 3.8) is 0 Å². The summed E-state index contributed by atoms with van der Waals surface area (Å²) in [5.74, 6) is 0.919. The molecule has 0 saturated heterocycles. The monoisotopic (exact) mass is 174 g/mol. The van der Waals surface area contributed by atoms with E-state index in [1.807, 2.05) is 6.07 Å². The molecule has 1 spiro atoms. The zero-order chi connectivity index (χ0) is 8.89. The van der Waals surface area contributed by atoms with E-state index in [1.165, 1.54) is 18.4 Å². The van der Waals surface area contributed by atoms with Crippen molar-refractivity contribution in [3.8, 4) is 0 Å². The zero-order valence-electron chi connectivity index (χ0n) is 7.21. The maximum absolute atomic E-state index is 10.5. The topological polar surface area (TPSA) is 42.0 Å². The van der Waals surface area contributed by atoms with Crippen LogP contribution in [0.25, 0.3) is 0 Å². The molecule has 0 amide bonds. The van der Waals surface area contributed by atoms with E-state index in [2.05, 4.69) is 10.3 Å². The Hall–Kier alpha value is -1.38. The van der Waals surface area contributed by atoms with Crippen molar-refractivity contribution >= 4 is 12.1 Å². The molecule has 0 radical (unpaired) electrons. The van der Waals surface area contributed by atoms with Gasteiger partial charge < -0.3 is 5.32 Å². The van der Waals surface area contributed by atoms with Crippen LogP contribution >= 0.6 is 0 Å². The summed E-state index contributed by atoms with van der Waals surface area (Å²) in [7, 11) is 0. The minimum Gasteiger partial charge on any atom is -0.369 e. The third-order valence-electron chi connectivity index (χ3n) is 3.06. The first-order valence-electron chi connectivity index (χ1n) is 4.55. The molecule has 1 aliphatic heterocycles. The van der Waals surface area contributed by atoms with E-state index < -0.39 is 0 Å². The molecule has 0 atom stereocenters. The van der Waals surface area contributed by atoms with Crippen LogP contribution in [0, 0.1) is 0 Å². The molecule has 2 aliphatic rings. The first-order valence-corrected chi connectivity index (χ1v) is 4.55. The number of hydrogen-bond acceptors (Lipinski definition) is 3. The number of anilines is 1. The summed E-state index contributed by atoms with van der Waals surface area (Å²) in [4.78, 5) is 14.7. The Kier molecular flexibility index (Phi) is 1.14. The molecule has 1 saturated carbocycles. The quantitative estimate of drug-likeness (QED) is 0.653. The molecule has 1 aromatic rings. The van der Waals surface area contributed by atoms with Crippen LogP contribution in [0.3, 0.4) is 0 Å². The molecule has 66 valence electrons. The number of carbonyl (C=O) groups is 1. The van der Waals surface area contributed by atoms with E-state index in [9.17, 15) is 4.79 Å². The van der Waals surface area contributed by atoms with Crippen LogP contribution in [0.5, 0.6) is 0 Å². The highest BCUT2D eigenvalue weighted by atomic mass is 16.1. The fraction of sp³-hybridized carbons (Fsp3) is 0.400. The molecule has 13 heavy (non-hydrogen) atoms. The Morgan fingerprint density at radius 3 is 3.00 bits per heavy atom. The van der Waals surface area contributed by atoms with Crippen molar-refractivity contribution in [1.82, 2.24) is 4.98 Å². The predicted molar refractivity (Wildman–Crippen MR) is 49.0 cm³/mol. The van der Waals surface area contributed by atoms with E-state index in [0.29, 0.717) is 11.1 Å². The van der Waals surface area contributed by atoms with Crippen LogP contribution in [0.2, 0.25) is 0 Å². The maximum atomic E-state index is 10.5. The number of rotatable bonds is 1.